The molecule has 1 heterocycles. The molecule has 0 radical (unpaired) electrons. The van der Waals surface area contributed by atoms with E-state index in [9.17, 15) is 5.11 Å². The number of nitrogens with zero attached hydrogens (tertiary/aromatic N) is 1. The van der Waals surface area contributed by atoms with Crippen LogP contribution in [0.2, 0.25) is 0 Å². The molecule has 2 aromatic carbocycles. The molecule has 1 aliphatic rings. The fourth-order valence-corrected chi connectivity index (χ4v) is 3.10. The molecular weight excluding hydrogens is 246 g/mol. The summed E-state index contributed by atoms with van der Waals surface area (Å²) in [5.41, 5.74) is 4.06. The fourth-order valence-electron chi connectivity index (χ4n) is 3.10. The highest BCUT2D eigenvalue weighted by atomic mass is 16.3. The second-order valence-electron chi connectivity index (χ2n) is 5.45. The van der Waals surface area contributed by atoms with E-state index in [1.165, 1.54) is 16.7 Å². The smallest absolute Gasteiger partial charge is 0.0628 e. The maximum absolute atomic E-state index is 9.83. The molecule has 0 aromatic heterocycles. The first kappa shape index (κ1) is 13.3. The van der Waals surface area contributed by atoms with Crippen LogP contribution in [0.25, 0.3) is 0 Å². The first-order valence-corrected chi connectivity index (χ1v) is 7.35. The van der Waals surface area contributed by atoms with E-state index in [4.69, 9.17) is 0 Å². The molecule has 0 bridgehead atoms. The Balaban J connectivity index is 1.86. The molecule has 20 heavy (non-hydrogen) atoms. The van der Waals surface area contributed by atoms with Crippen LogP contribution in [-0.2, 0) is 13.0 Å². The lowest BCUT2D eigenvalue weighted by Gasteiger charge is -2.29. The topological polar surface area (TPSA) is 23.5 Å². The van der Waals surface area contributed by atoms with Crippen molar-refractivity contribution in [1.82, 2.24) is 4.90 Å². The second kappa shape index (κ2) is 6.21. The Bertz CT molecular complexity index is 552. The van der Waals surface area contributed by atoms with Gasteiger partial charge in [0.05, 0.1) is 12.6 Å². The molecule has 0 unspecified atom stereocenters. The van der Waals surface area contributed by atoms with Gasteiger partial charge in [0, 0.05) is 6.54 Å². The van der Waals surface area contributed by atoms with E-state index >= 15 is 0 Å². The van der Waals surface area contributed by atoms with Crippen LogP contribution in [0.4, 0.5) is 0 Å². The van der Waals surface area contributed by atoms with Gasteiger partial charge in [-0.15, -0.1) is 0 Å². The van der Waals surface area contributed by atoms with Crippen LogP contribution in [0.15, 0.2) is 54.6 Å². The number of aliphatic hydroxyl groups is 1. The normalized spacial score (nSPS) is 17.2. The molecule has 3 rings (SSSR count). The summed E-state index contributed by atoms with van der Waals surface area (Å²) in [6.07, 6.45) is 2.29. The first-order chi connectivity index (χ1) is 9.88. The highest BCUT2D eigenvalue weighted by Gasteiger charge is 2.22. The highest BCUT2D eigenvalue weighted by molar-refractivity contribution is 5.29. The number of hydrogen-bond acceptors (Lipinski definition) is 2. The van der Waals surface area contributed by atoms with Crippen LogP contribution < -0.4 is 0 Å². The Hall–Kier alpha value is -1.64. The summed E-state index contributed by atoms with van der Waals surface area (Å²) >= 11 is 0. The van der Waals surface area contributed by atoms with Crippen molar-refractivity contribution >= 4 is 0 Å². The Morgan fingerprint density at radius 3 is 2.40 bits per heavy atom. The molecule has 0 saturated carbocycles. The van der Waals surface area contributed by atoms with Gasteiger partial charge in [0.25, 0.3) is 0 Å². The summed E-state index contributed by atoms with van der Waals surface area (Å²) in [5, 5.41) is 9.83. The zero-order chi connectivity index (χ0) is 13.8. The minimum absolute atomic E-state index is 0.0994. The van der Waals surface area contributed by atoms with Crippen molar-refractivity contribution in [3.63, 3.8) is 0 Å². The molecule has 1 N–H and O–H groups in total. The Labute approximate surface area is 120 Å². The largest absolute Gasteiger partial charge is 0.394 e. The van der Waals surface area contributed by atoms with Crippen molar-refractivity contribution in [1.29, 1.82) is 0 Å². The molecule has 0 spiro atoms. The molecule has 1 aliphatic heterocycles. The van der Waals surface area contributed by atoms with Crippen molar-refractivity contribution in [3.8, 4) is 0 Å². The summed E-state index contributed by atoms with van der Waals surface area (Å²) < 4.78 is 0. The van der Waals surface area contributed by atoms with Gasteiger partial charge in [-0.1, -0.05) is 54.6 Å². The first-order valence-electron chi connectivity index (χ1n) is 7.35. The van der Waals surface area contributed by atoms with Gasteiger partial charge in [0.2, 0.25) is 0 Å². The molecule has 0 aliphatic carbocycles. The Morgan fingerprint density at radius 2 is 1.65 bits per heavy atom. The van der Waals surface area contributed by atoms with Crippen LogP contribution in [0.3, 0.4) is 0 Å². The molecule has 0 amide bonds. The number of aryl methyl sites for hydroxylation is 1. The Kier molecular flexibility index (Phi) is 4.14. The molecular formula is C18H21NO. The molecule has 0 saturated heterocycles. The fraction of sp³-hybridized carbons (Fsp3) is 0.333. The minimum atomic E-state index is 0.0994. The Morgan fingerprint density at radius 1 is 0.950 bits per heavy atom. The van der Waals surface area contributed by atoms with Gasteiger partial charge in [0.1, 0.15) is 0 Å². The SMILES string of the molecule is OC[C@H](c1ccccc1)N1CCCc2ccccc2C1. The third-order valence-electron chi connectivity index (χ3n) is 4.18. The van der Waals surface area contributed by atoms with Gasteiger partial charge in [0.15, 0.2) is 0 Å². The molecule has 2 nitrogen and oxygen atoms in total. The van der Waals surface area contributed by atoms with E-state index in [1.54, 1.807) is 0 Å². The summed E-state index contributed by atoms with van der Waals surface area (Å²) in [5.74, 6) is 0. The summed E-state index contributed by atoms with van der Waals surface area (Å²) in [6, 6.07) is 19.1. The number of aliphatic hydroxyl groups excluding tert-OH is 1. The van der Waals surface area contributed by atoms with Crippen molar-refractivity contribution < 1.29 is 5.11 Å². The van der Waals surface area contributed by atoms with E-state index in [0.717, 1.165) is 25.9 Å². The molecule has 0 fully saturated rings. The van der Waals surface area contributed by atoms with Crippen LogP contribution in [0, 0.1) is 0 Å². The highest BCUT2D eigenvalue weighted by Crippen LogP contribution is 2.26. The zero-order valence-corrected chi connectivity index (χ0v) is 11.7. The minimum Gasteiger partial charge on any atom is -0.394 e. The van der Waals surface area contributed by atoms with Gasteiger partial charge in [-0.3, -0.25) is 4.90 Å². The predicted octanol–water partition coefficient (Wildman–Crippen LogP) is 3.17. The van der Waals surface area contributed by atoms with Crippen LogP contribution in [0.1, 0.15) is 29.2 Å². The summed E-state index contributed by atoms with van der Waals surface area (Å²) in [4.78, 5) is 2.40. The monoisotopic (exact) mass is 267 g/mol. The average molecular weight is 267 g/mol. The van der Waals surface area contributed by atoms with Crippen molar-refractivity contribution in [3.05, 3.63) is 71.3 Å². The van der Waals surface area contributed by atoms with Crippen LogP contribution in [0.5, 0.6) is 0 Å². The molecule has 2 aromatic rings. The van der Waals surface area contributed by atoms with Crippen LogP contribution in [-0.4, -0.2) is 23.2 Å². The lowest BCUT2D eigenvalue weighted by atomic mass is 10.0. The van der Waals surface area contributed by atoms with Gasteiger partial charge in [-0.2, -0.15) is 0 Å². The second-order valence-corrected chi connectivity index (χ2v) is 5.45. The number of fused-ring (bicyclic) bond motifs is 1. The van der Waals surface area contributed by atoms with Crippen molar-refractivity contribution in [2.24, 2.45) is 0 Å². The predicted molar refractivity (Wildman–Crippen MR) is 81.4 cm³/mol. The van der Waals surface area contributed by atoms with Gasteiger partial charge in [-0.25, -0.2) is 0 Å². The van der Waals surface area contributed by atoms with E-state index in [1.807, 2.05) is 18.2 Å². The van der Waals surface area contributed by atoms with Gasteiger partial charge < -0.3 is 5.11 Å². The lowest BCUT2D eigenvalue weighted by molar-refractivity contribution is 0.118. The maximum Gasteiger partial charge on any atom is 0.0628 e. The average Bonchev–Trinajstić information content (AvgIpc) is 2.71. The van der Waals surface area contributed by atoms with E-state index < -0.39 is 0 Å². The third kappa shape index (κ3) is 2.77. The lowest BCUT2D eigenvalue weighted by Crippen LogP contribution is -2.31. The quantitative estimate of drug-likeness (QED) is 0.923. The van der Waals surface area contributed by atoms with E-state index in [2.05, 4.69) is 41.3 Å². The maximum atomic E-state index is 9.83. The molecule has 2 heteroatoms. The standard InChI is InChI=1S/C18H21NO/c20-14-18(16-8-2-1-3-9-16)19-12-6-11-15-7-4-5-10-17(15)13-19/h1-5,7-10,18,20H,6,11-14H2/t18-/m1/s1. The van der Waals surface area contributed by atoms with Crippen molar-refractivity contribution in [2.75, 3.05) is 13.2 Å². The molecule has 104 valence electrons. The zero-order valence-electron chi connectivity index (χ0n) is 11.7. The summed E-state index contributed by atoms with van der Waals surface area (Å²) in [6.45, 7) is 2.14. The number of benzene rings is 2. The summed E-state index contributed by atoms with van der Waals surface area (Å²) in [7, 11) is 0. The number of rotatable bonds is 3. The van der Waals surface area contributed by atoms with Gasteiger partial charge in [-0.05, 0) is 36.1 Å². The van der Waals surface area contributed by atoms with E-state index in [-0.39, 0.29) is 12.6 Å². The van der Waals surface area contributed by atoms with E-state index in [0.29, 0.717) is 0 Å². The third-order valence-corrected chi connectivity index (χ3v) is 4.18. The number of hydrogen-bond donors (Lipinski definition) is 1. The van der Waals surface area contributed by atoms with Crippen LogP contribution >= 0.6 is 0 Å². The molecule has 1 atom stereocenters. The van der Waals surface area contributed by atoms with Gasteiger partial charge >= 0.3 is 0 Å². The van der Waals surface area contributed by atoms with Crippen molar-refractivity contribution in [2.45, 2.75) is 25.4 Å².